The Bertz CT molecular complexity index is 976. The zero-order valence-corrected chi connectivity index (χ0v) is 15.2. The summed E-state index contributed by atoms with van der Waals surface area (Å²) in [5.74, 6) is -2.36. The van der Waals surface area contributed by atoms with Crippen LogP contribution in [0, 0.1) is 11.6 Å². The fraction of sp³-hybridized carbons (Fsp3) is 0.278. The number of hydrogen-bond acceptors (Lipinski definition) is 3. The highest BCUT2D eigenvalue weighted by molar-refractivity contribution is 7.92. The Hall–Kier alpha value is -2.48. The number of halogens is 2. The van der Waals surface area contributed by atoms with Crippen molar-refractivity contribution < 1.29 is 22.0 Å². The van der Waals surface area contributed by atoms with Gasteiger partial charge in [0.1, 0.15) is 0 Å². The molecule has 3 rings (SSSR count). The first-order valence-corrected chi connectivity index (χ1v) is 9.94. The van der Waals surface area contributed by atoms with Gasteiger partial charge >= 0.3 is 0 Å². The van der Waals surface area contributed by atoms with Crippen molar-refractivity contribution in [2.24, 2.45) is 0 Å². The summed E-state index contributed by atoms with van der Waals surface area (Å²) in [5.41, 5.74) is 1.96. The van der Waals surface area contributed by atoms with Gasteiger partial charge in [-0.25, -0.2) is 17.2 Å². The van der Waals surface area contributed by atoms with Crippen LogP contribution in [0.15, 0.2) is 36.4 Å². The Kier molecular flexibility index (Phi) is 4.70. The normalized spacial score (nSPS) is 13.6. The van der Waals surface area contributed by atoms with Crippen LogP contribution >= 0.6 is 0 Å². The van der Waals surface area contributed by atoms with E-state index in [0.29, 0.717) is 24.2 Å². The molecular formula is C18H18F2N2O3S. The predicted octanol–water partition coefficient (Wildman–Crippen LogP) is 2.95. The summed E-state index contributed by atoms with van der Waals surface area (Å²) in [4.78, 5) is 14.2. The molecular weight excluding hydrogens is 362 g/mol. The zero-order valence-electron chi connectivity index (χ0n) is 14.4. The highest BCUT2D eigenvalue weighted by Crippen LogP contribution is 2.31. The second kappa shape index (κ2) is 6.68. The molecule has 0 radical (unpaired) electrons. The van der Waals surface area contributed by atoms with Crippen LogP contribution in [-0.2, 0) is 16.4 Å². The van der Waals surface area contributed by atoms with Gasteiger partial charge in [0.2, 0.25) is 10.0 Å². The summed E-state index contributed by atoms with van der Waals surface area (Å²) in [6.45, 7) is 2.35. The number of carbonyl (C=O) groups is 1. The molecule has 0 unspecified atom stereocenters. The molecule has 0 spiro atoms. The van der Waals surface area contributed by atoms with E-state index in [-0.39, 0.29) is 18.1 Å². The van der Waals surface area contributed by atoms with Gasteiger partial charge in [0.25, 0.3) is 5.91 Å². The van der Waals surface area contributed by atoms with Gasteiger partial charge in [-0.3, -0.25) is 9.10 Å². The maximum absolute atomic E-state index is 13.5. The van der Waals surface area contributed by atoms with Gasteiger partial charge in [0.05, 0.1) is 11.9 Å². The average Bonchev–Trinajstić information content (AvgIpc) is 3.02. The highest BCUT2D eigenvalue weighted by atomic mass is 32.2. The van der Waals surface area contributed by atoms with Crippen molar-refractivity contribution in [3.63, 3.8) is 0 Å². The summed E-state index contributed by atoms with van der Waals surface area (Å²) in [6.07, 6.45) is 1.66. The molecule has 1 heterocycles. The molecule has 0 aromatic heterocycles. The van der Waals surface area contributed by atoms with Gasteiger partial charge in [-0.1, -0.05) is 0 Å². The molecule has 0 saturated carbocycles. The van der Waals surface area contributed by atoms with E-state index in [0.717, 1.165) is 24.0 Å². The molecule has 1 aliphatic heterocycles. The third-order valence-corrected chi connectivity index (χ3v) is 5.54. The largest absolute Gasteiger partial charge is 0.309 e. The van der Waals surface area contributed by atoms with Gasteiger partial charge in [-0.05, 0) is 49.2 Å². The molecule has 0 aliphatic carbocycles. The quantitative estimate of drug-likeness (QED) is 0.820. The molecule has 0 atom stereocenters. The molecule has 0 fully saturated rings. The first-order valence-electron chi connectivity index (χ1n) is 8.10. The van der Waals surface area contributed by atoms with Crippen LogP contribution in [0.3, 0.4) is 0 Å². The van der Waals surface area contributed by atoms with Crippen molar-refractivity contribution in [3.8, 4) is 0 Å². The lowest BCUT2D eigenvalue weighted by Gasteiger charge is -2.22. The molecule has 0 N–H and O–H groups in total. The van der Waals surface area contributed by atoms with Crippen LogP contribution in [-0.4, -0.2) is 33.7 Å². The Morgan fingerprint density at radius 1 is 1.15 bits per heavy atom. The van der Waals surface area contributed by atoms with Crippen LogP contribution in [0.1, 0.15) is 22.8 Å². The standard InChI is InChI=1S/C18H18F2N2O3S/c1-3-21(14-5-6-15(19)16(20)11-14)18(23)13-4-7-17-12(10-13)8-9-22(17)26(2,24)25/h4-7,10-11H,3,8-9H2,1-2H3. The SMILES string of the molecule is CCN(C(=O)c1ccc2c(c1)CCN2S(C)(=O)=O)c1ccc(F)c(F)c1. The van der Waals surface area contributed by atoms with Gasteiger partial charge in [0, 0.05) is 30.4 Å². The second-order valence-electron chi connectivity index (χ2n) is 6.08. The molecule has 1 amide bonds. The smallest absolute Gasteiger partial charge is 0.258 e. The predicted molar refractivity (Wildman–Crippen MR) is 96.0 cm³/mol. The van der Waals surface area contributed by atoms with E-state index >= 15 is 0 Å². The van der Waals surface area contributed by atoms with E-state index < -0.39 is 21.7 Å². The first-order chi connectivity index (χ1) is 12.2. The van der Waals surface area contributed by atoms with Crippen molar-refractivity contribution in [2.45, 2.75) is 13.3 Å². The maximum atomic E-state index is 13.5. The molecule has 8 heteroatoms. The molecule has 1 aliphatic rings. The van der Waals surface area contributed by atoms with E-state index in [9.17, 15) is 22.0 Å². The number of benzene rings is 2. The lowest BCUT2D eigenvalue weighted by atomic mass is 10.1. The highest BCUT2D eigenvalue weighted by Gasteiger charge is 2.27. The van der Waals surface area contributed by atoms with E-state index in [1.807, 2.05) is 0 Å². The maximum Gasteiger partial charge on any atom is 0.258 e. The van der Waals surface area contributed by atoms with E-state index in [2.05, 4.69) is 0 Å². The number of rotatable bonds is 4. The number of carbonyl (C=O) groups excluding carboxylic acids is 1. The number of nitrogens with zero attached hydrogens (tertiary/aromatic N) is 2. The van der Waals surface area contributed by atoms with Crippen molar-refractivity contribution in [1.82, 2.24) is 0 Å². The van der Waals surface area contributed by atoms with E-state index in [1.54, 1.807) is 25.1 Å². The van der Waals surface area contributed by atoms with E-state index in [4.69, 9.17) is 0 Å². The molecule has 2 aromatic carbocycles. The Morgan fingerprint density at radius 3 is 2.50 bits per heavy atom. The fourth-order valence-corrected chi connectivity index (χ4v) is 4.06. The minimum absolute atomic E-state index is 0.259. The van der Waals surface area contributed by atoms with Gasteiger partial charge in [0.15, 0.2) is 11.6 Å². The van der Waals surface area contributed by atoms with Crippen molar-refractivity contribution >= 4 is 27.3 Å². The lowest BCUT2D eigenvalue weighted by molar-refractivity contribution is 0.0988. The number of anilines is 2. The minimum atomic E-state index is -3.36. The summed E-state index contributed by atoms with van der Waals surface area (Å²) in [7, 11) is -3.36. The molecule has 5 nitrogen and oxygen atoms in total. The minimum Gasteiger partial charge on any atom is -0.309 e. The van der Waals surface area contributed by atoms with E-state index in [1.165, 1.54) is 15.3 Å². The van der Waals surface area contributed by atoms with Crippen LogP contribution < -0.4 is 9.21 Å². The lowest BCUT2D eigenvalue weighted by Crippen LogP contribution is -2.31. The Labute approximate surface area is 150 Å². The fourth-order valence-electron chi connectivity index (χ4n) is 3.10. The summed E-state index contributed by atoms with van der Waals surface area (Å²) >= 11 is 0. The van der Waals surface area contributed by atoms with Crippen LogP contribution in [0.2, 0.25) is 0 Å². The van der Waals surface area contributed by atoms with Crippen LogP contribution in [0.5, 0.6) is 0 Å². The summed E-state index contributed by atoms with van der Waals surface area (Å²) < 4.78 is 51.5. The summed E-state index contributed by atoms with van der Waals surface area (Å²) in [6, 6.07) is 8.12. The van der Waals surface area contributed by atoms with Crippen LogP contribution in [0.4, 0.5) is 20.2 Å². The van der Waals surface area contributed by atoms with Crippen molar-refractivity contribution in [1.29, 1.82) is 0 Å². The van der Waals surface area contributed by atoms with Crippen molar-refractivity contribution in [3.05, 3.63) is 59.2 Å². The van der Waals surface area contributed by atoms with Gasteiger partial charge in [-0.2, -0.15) is 0 Å². The van der Waals surface area contributed by atoms with Crippen LogP contribution in [0.25, 0.3) is 0 Å². The summed E-state index contributed by atoms with van der Waals surface area (Å²) in [5, 5.41) is 0. The number of hydrogen-bond donors (Lipinski definition) is 0. The van der Waals surface area contributed by atoms with Crippen molar-refractivity contribution in [2.75, 3.05) is 28.6 Å². The molecule has 26 heavy (non-hydrogen) atoms. The average molecular weight is 380 g/mol. The van der Waals surface area contributed by atoms with Gasteiger partial charge in [-0.15, -0.1) is 0 Å². The molecule has 2 aromatic rings. The third kappa shape index (κ3) is 3.29. The molecule has 0 bridgehead atoms. The number of sulfonamides is 1. The molecule has 0 saturated heterocycles. The zero-order chi connectivity index (χ0) is 19.1. The Balaban J connectivity index is 1.93. The monoisotopic (exact) mass is 380 g/mol. The topological polar surface area (TPSA) is 57.7 Å². The number of amides is 1. The number of fused-ring (bicyclic) bond motifs is 1. The van der Waals surface area contributed by atoms with Gasteiger partial charge < -0.3 is 4.90 Å². The third-order valence-electron chi connectivity index (χ3n) is 4.36. The molecule has 138 valence electrons. The first kappa shape index (κ1) is 18.3. The second-order valence-corrected chi connectivity index (χ2v) is 7.98. The Morgan fingerprint density at radius 2 is 1.88 bits per heavy atom.